The van der Waals surface area contributed by atoms with Gasteiger partial charge in [0.1, 0.15) is 5.69 Å². The molecule has 2 N–H and O–H groups in total. The first kappa shape index (κ1) is 14.7. The van der Waals surface area contributed by atoms with Crippen LogP contribution in [0.15, 0.2) is 12.3 Å². The van der Waals surface area contributed by atoms with Gasteiger partial charge in [0.15, 0.2) is 0 Å². The predicted octanol–water partition coefficient (Wildman–Crippen LogP) is 0.413. The lowest BCUT2D eigenvalue weighted by Crippen LogP contribution is -2.54. The van der Waals surface area contributed by atoms with Gasteiger partial charge in [0.25, 0.3) is 5.91 Å². The van der Waals surface area contributed by atoms with Crippen LogP contribution in [-0.2, 0) is 9.53 Å². The molecule has 1 aromatic heterocycles. The van der Waals surface area contributed by atoms with Crippen molar-refractivity contribution < 1.29 is 14.3 Å². The highest BCUT2D eigenvalue weighted by Gasteiger charge is 2.45. The maximum atomic E-state index is 12.6. The Morgan fingerprint density at radius 1 is 1.35 bits per heavy atom. The molecule has 23 heavy (non-hydrogen) atoms. The van der Waals surface area contributed by atoms with Crippen molar-refractivity contribution in [3.8, 4) is 0 Å². The Labute approximate surface area is 134 Å². The average molecular weight is 318 g/mol. The van der Waals surface area contributed by atoms with E-state index >= 15 is 0 Å². The van der Waals surface area contributed by atoms with Crippen LogP contribution in [0.2, 0.25) is 0 Å². The Hall–Kier alpha value is -1.89. The van der Waals surface area contributed by atoms with E-state index < -0.39 is 0 Å². The molecule has 1 saturated carbocycles. The zero-order valence-corrected chi connectivity index (χ0v) is 13.0. The zero-order valence-electron chi connectivity index (χ0n) is 13.0. The third-order valence-corrected chi connectivity index (χ3v) is 5.21. The van der Waals surface area contributed by atoms with E-state index in [0.29, 0.717) is 31.3 Å². The summed E-state index contributed by atoms with van der Waals surface area (Å²) in [6, 6.07) is 1.66. The van der Waals surface area contributed by atoms with Gasteiger partial charge in [-0.15, -0.1) is 0 Å². The minimum atomic E-state index is -0.179. The lowest BCUT2D eigenvalue weighted by molar-refractivity contribution is -0.130. The second-order valence-corrected chi connectivity index (χ2v) is 6.84. The fourth-order valence-electron chi connectivity index (χ4n) is 3.66. The molecule has 3 atom stereocenters. The number of likely N-dealkylation sites (tertiary alicyclic amines) is 1. The van der Waals surface area contributed by atoms with Crippen LogP contribution in [0.4, 0.5) is 0 Å². The summed E-state index contributed by atoms with van der Waals surface area (Å²) in [7, 11) is 0. The maximum absolute atomic E-state index is 12.6. The lowest BCUT2D eigenvalue weighted by atomic mass is 9.82. The molecule has 1 aromatic rings. The van der Waals surface area contributed by atoms with Gasteiger partial charge in [-0.25, -0.2) is 0 Å². The minimum absolute atomic E-state index is 0.0349. The highest BCUT2D eigenvalue weighted by atomic mass is 16.5. The second-order valence-electron chi connectivity index (χ2n) is 6.84. The van der Waals surface area contributed by atoms with Crippen LogP contribution in [0.25, 0.3) is 0 Å². The van der Waals surface area contributed by atoms with Crippen molar-refractivity contribution in [1.82, 2.24) is 20.4 Å². The van der Waals surface area contributed by atoms with Gasteiger partial charge in [-0.05, 0) is 31.2 Å². The van der Waals surface area contributed by atoms with Crippen molar-refractivity contribution in [3.63, 3.8) is 0 Å². The van der Waals surface area contributed by atoms with Crippen LogP contribution < -0.4 is 5.32 Å². The Balaban J connectivity index is 1.47. The second kappa shape index (κ2) is 5.96. The van der Waals surface area contributed by atoms with Crippen LogP contribution in [0.5, 0.6) is 0 Å². The molecule has 7 heteroatoms. The number of nitrogens with zero attached hydrogens (tertiary/aromatic N) is 2. The summed E-state index contributed by atoms with van der Waals surface area (Å²) in [5, 5.41) is 9.60. The third-order valence-electron chi connectivity index (χ3n) is 5.21. The summed E-state index contributed by atoms with van der Waals surface area (Å²) in [6.45, 7) is 2.45. The van der Waals surface area contributed by atoms with Gasteiger partial charge >= 0.3 is 0 Å². The summed E-state index contributed by atoms with van der Waals surface area (Å²) in [4.78, 5) is 26.9. The van der Waals surface area contributed by atoms with Crippen molar-refractivity contribution in [2.45, 2.75) is 25.4 Å². The number of hydrogen-bond acceptors (Lipinski definition) is 4. The molecule has 0 aromatic carbocycles. The Bertz CT molecular complexity index is 584. The van der Waals surface area contributed by atoms with Gasteiger partial charge in [0.05, 0.1) is 12.0 Å². The molecule has 3 heterocycles. The monoisotopic (exact) mass is 318 g/mol. The van der Waals surface area contributed by atoms with E-state index in [0.717, 1.165) is 13.0 Å². The number of carbonyl (C=O) groups excluding carboxylic acids is 2. The Morgan fingerprint density at radius 3 is 2.96 bits per heavy atom. The zero-order chi connectivity index (χ0) is 15.8. The van der Waals surface area contributed by atoms with E-state index in [1.165, 1.54) is 12.8 Å². The van der Waals surface area contributed by atoms with E-state index in [9.17, 15) is 9.59 Å². The van der Waals surface area contributed by atoms with Crippen LogP contribution in [0.3, 0.4) is 0 Å². The molecule has 3 fully saturated rings. The lowest BCUT2D eigenvalue weighted by Gasteiger charge is -2.39. The van der Waals surface area contributed by atoms with E-state index in [-0.39, 0.29) is 29.8 Å². The quantitative estimate of drug-likeness (QED) is 0.842. The normalized spacial score (nSPS) is 30.1. The number of nitrogens with one attached hydrogen (secondary N) is 2. The number of ether oxygens (including phenoxy) is 1. The molecule has 2 aliphatic heterocycles. The molecule has 4 rings (SSSR count). The van der Waals surface area contributed by atoms with Crippen molar-refractivity contribution in [1.29, 1.82) is 0 Å². The summed E-state index contributed by atoms with van der Waals surface area (Å²) in [5.74, 6) is 0.652. The van der Waals surface area contributed by atoms with Gasteiger partial charge < -0.3 is 15.0 Å². The number of aromatic nitrogens is 2. The number of piperidine rings is 1. The molecular formula is C16H22N4O3. The largest absolute Gasteiger partial charge is 0.376 e. The molecule has 7 nitrogen and oxygen atoms in total. The fourth-order valence-corrected chi connectivity index (χ4v) is 3.66. The number of fused-ring (bicyclic) bond motifs is 1. The van der Waals surface area contributed by atoms with Crippen molar-refractivity contribution in [2.75, 3.05) is 26.2 Å². The van der Waals surface area contributed by atoms with Crippen molar-refractivity contribution in [3.05, 3.63) is 18.0 Å². The summed E-state index contributed by atoms with van der Waals surface area (Å²) in [5.41, 5.74) is 0.457. The van der Waals surface area contributed by atoms with E-state index in [1.807, 2.05) is 0 Å². The standard InChI is InChI=1S/C16H22N4O3/c21-15(17-7-10-1-2-10)12-8-20(9-14-11(12)4-6-23-14)16(22)13-3-5-18-19-13/h3,5,10-12,14H,1-2,4,6-9H2,(H,17,21)(H,18,19)/t11-,12+,14+/m0/s1. The summed E-state index contributed by atoms with van der Waals surface area (Å²) >= 11 is 0. The Kier molecular flexibility index (Phi) is 3.80. The SMILES string of the molecule is O=C(NCC1CC1)[C@@H]1CN(C(=O)c2ccn[nH]2)C[C@H]2OCC[C@H]21. The van der Waals surface area contributed by atoms with Crippen LogP contribution in [-0.4, -0.2) is 59.3 Å². The predicted molar refractivity (Wildman–Crippen MR) is 81.6 cm³/mol. The molecule has 0 spiro atoms. The topological polar surface area (TPSA) is 87.3 Å². The molecule has 0 radical (unpaired) electrons. The van der Waals surface area contributed by atoms with Gasteiger partial charge in [-0.3, -0.25) is 14.7 Å². The number of aromatic amines is 1. The number of amides is 2. The van der Waals surface area contributed by atoms with Gasteiger partial charge in [0, 0.05) is 38.4 Å². The highest BCUT2D eigenvalue weighted by Crippen LogP contribution is 2.34. The number of rotatable bonds is 4. The number of hydrogen-bond donors (Lipinski definition) is 2. The average Bonchev–Trinajstić information content (AvgIpc) is 3.04. The van der Waals surface area contributed by atoms with Gasteiger partial charge in [-0.2, -0.15) is 5.10 Å². The first-order valence-electron chi connectivity index (χ1n) is 8.40. The molecular weight excluding hydrogens is 296 g/mol. The molecule has 2 saturated heterocycles. The molecule has 124 valence electrons. The third kappa shape index (κ3) is 2.97. The molecule has 1 aliphatic carbocycles. The summed E-state index contributed by atoms with van der Waals surface area (Å²) in [6.07, 6.45) is 4.85. The fraction of sp³-hybridized carbons (Fsp3) is 0.688. The first-order valence-corrected chi connectivity index (χ1v) is 8.40. The maximum Gasteiger partial charge on any atom is 0.271 e. The van der Waals surface area contributed by atoms with Crippen molar-refractivity contribution >= 4 is 11.8 Å². The highest BCUT2D eigenvalue weighted by molar-refractivity contribution is 5.93. The van der Waals surface area contributed by atoms with Gasteiger partial charge in [0.2, 0.25) is 5.91 Å². The first-order chi connectivity index (χ1) is 11.2. The van der Waals surface area contributed by atoms with Crippen molar-refractivity contribution in [2.24, 2.45) is 17.8 Å². The van der Waals surface area contributed by atoms with Crippen LogP contribution in [0.1, 0.15) is 29.8 Å². The van der Waals surface area contributed by atoms with E-state index in [2.05, 4.69) is 15.5 Å². The number of H-pyrrole nitrogens is 1. The van der Waals surface area contributed by atoms with E-state index in [4.69, 9.17) is 4.74 Å². The molecule has 3 aliphatic rings. The smallest absolute Gasteiger partial charge is 0.271 e. The van der Waals surface area contributed by atoms with E-state index in [1.54, 1.807) is 17.2 Å². The number of carbonyl (C=O) groups is 2. The molecule has 0 unspecified atom stereocenters. The minimum Gasteiger partial charge on any atom is -0.376 e. The molecule has 2 amide bonds. The van der Waals surface area contributed by atoms with Gasteiger partial charge in [-0.1, -0.05) is 0 Å². The summed E-state index contributed by atoms with van der Waals surface area (Å²) < 4.78 is 5.77. The Morgan fingerprint density at radius 2 is 2.22 bits per heavy atom. The molecule has 0 bridgehead atoms. The van der Waals surface area contributed by atoms with Crippen LogP contribution in [0, 0.1) is 17.8 Å². The van der Waals surface area contributed by atoms with Crippen LogP contribution >= 0.6 is 0 Å².